The maximum Gasteiger partial charge on any atom is 0.348 e. The Kier molecular flexibility index (Phi) is 15.1. The van der Waals surface area contributed by atoms with Crippen molar-refractivity contribution in [3.8, 4) is 6.07 Å². The number of fused-ring (bicyclic) bond motifs is 1. The highest BCUT2D eigenvalue weighted by Crippen LogP contribution is 2.33. The summed E-state index contributed by atoms with van der Waals surface area (Å²) in [6, 6.07) is 10.2. The van der Waals surface area contributed by atoms with Gasteiger partial charge in [0.1, 0.15) is 11.6 Å². The van der Waals surface area contributed by atoms with E-state index < -0.39 is 5.97 Å². The third-order valence-electron chi connectivity index (χ3n) is 6.76. The van der Waals surface area contributed by atoms with Gasteiger partial charge in [0.2, 0.25) is 0 Å². The van der Waals surface area contributed by atoms with Gasteiger partial charge in [-0.15, -0.1) is 0 Å². The normalized spacial score (nSPS) is 14.1. The second-order valence-electron chi connectivity index (χ2n) is 9.66. The Balaban J connectivity index is 1.70. The SMILES string of the molecule is CCCCCCCCCCCCCCCCN1C=C/C(=C/C=C(\C#N)C(=O)OCC)c2ccccc21. The molecule has 0 fully saturated rings. The van der Waals surface area contributed by atoms with Crippen LogP contribution in [0, 0.1) is 11.3 Å². The van der Waals surface area contributed by atoms with Crippen LogP contribution in [0.15, 0.2) is 54.3 Å². The number of carbonyl (C=O) groups is 1. The van der Waals surface area contributed by atoms with Crippen molar-refractivity contribution in [3.05, 3.63) is 59.8 Å². The van der Waals surface area contributed by atoms with Crippen molar-refractivity contribution in [1.29, 1.82) is 5.26 Å². The number of para-hydroxylation sites is 1. The van der Waals surface area contributed by atoms with E-state index in [0.29, 0.717) is 0 Å². The van der Waals surface area contributed by atoms with Crippen LogP contribution in [0.1, 0.15) is 109 Å². The standard InChI is InChI=1S/C32H46N2O2/c1-3-5-6-7-8-9-10-11-12-13-14-15-16-19-25-34-26-24-28(30-20-17-18-21-31(30)34)22-23-29(27-33)32(35)36-4-2/h17-18,20-24,26H,3-16,19,25H2,1-2H3/b28-22-,29-23+. The molecule has 0 saturated heterocycles. The van der Waals surface area contributed by atoms with Crippen LogP contribution in [0.5, 0.6) is 0 Å². The third kappa shape index (κ3) is 10.9. The van der Waals surface area contributed by atoms with Crippen LogP contribution < -0.4 is 4.90 Å². The molecule has 36 heavy (non-hydrogen) atoms. The smallest absolute Gasteiger partial charge is 0.348 e. The van der Waals surface area contributed by atoms with Crippen molar-refractivity contribution in [3.63, 3.8) is 0 Å². The van der Waals surface area contributed by atoms with E-state index >= 15 is 0 Å². The Morgan fingerprint density at radius 1 is 0.889 bits per heavy atom. The molecule has 0 aromatic heterocycles. The van der Waals surface area contributed by atoms with Gasteiger partial charge in [-0.1, -0.05) is 115 Å². The zero-order valence-corrected chi connectivity index (χ0v) is 22.6. The van der Waals surface area contributed by atoms with E-state index in [2.05, 4.69) is 42.3 Å². The van der Waals surface area contributed by atoms with Crippen molar-refractivity contribution in [1.82, 2.24) is 0 Å². The zero-order chi connectivity index (χ0) is 25.8. The highest BCUT2D eigenvalue weighted by atomic mass is 16.5. The molecule has 0 aliphatic carbocycles. The Labute approximate surface area is 219 Å². The first-order chi connectivity index (χ1) is 17.7. The Morgan fingerprint density at radius 3 is 2.06 bits per heavy atom. The maximum atomic E-state index is 11.9. The van der Waals surface area contributed by atoms with Gasteiger partial charge in [0.25, 0.3) is 0 Å². The number of allylic oxidation sites excluding steroid dienone is 4. The van der Waals surface area contributed by atoms with Crippen LogP contribution in [0.3, 0.4) is 0 Å². The number of unbranched alkanes of at least 4 members (excludes halogenated alkanes) is 13. The first-order valence-corrected chi connectivity index (χ1v) is 14.2. The molecule has 0 unspecified atom stereocenters. The highest BCUT2D eigenvalue weighted by molar-refractivity contribution is 5.94. The van der Waals surface area contributed by atoms with Gasteiger partial charge < -0.3 is 9.64 Å². The summed E-state index contributed by atoms with van der Waals surface area (Å²) in [7, 11) is 0. The number of benzene rings is 1. The summed E-state index contributed by atoms with van der Waals surface area (Å²) < 4.78 is 4.95. The fourth-order valence-corrected chi connectivity index (χ4v) is 4.66. The number of rotatable bonds is 18. The second kappa shape index (κ2) is 18.5. The van der Waals surface area contributed by atoms with E-state index in [4.69, 9.17) is 4.74 Å². The molecule has 1 aliphatic heterocycles. The lowest BCUT2D eigenvalue weighted by atomic mass is 9.98. The summed E-state index contributed by atoms with van der Waals surface area (Å²) in [5.74, 6) is -0.579. The van der Waals surface area contributed by atoms with Crippen LogP contribution >= 0.6 is 0 Å². The van der Waals surface area contributed by atoms with Crippen molar-refractivity contribution < 1.29 is 9.53 Å². The topological polar surface area (TPSA) is 53.3 Å². The molecule has 2 rings (SSSR count). The minimum absolute atomic E-state index is 0.0140. The molecule has 4 nitrogen and oxygen atoms in total. The summed E-state index contributed by atoms with van der Waals surface area (Å²) >= 11 is 0. The molecular weight excluding hydrogens is 444 g/mol. The van der Waals surface area contributed by atoms with Gasteiger partial charge in [0.15, 0.2) is 0 Å². The van der Waals surface area contributed by atoms with E-state index in [-0.39, 0.29) is 12.2 Å². The average molecular weight is 491 g/mol. The van der Waals surface area contributed by atoms with E-state index in [1.54, 1.807) is 13.0 Å². The van der Waals surface area contributed by atoms with E-state index in [9.17, 15) is 10.1 Å². The van der Waals surface area contributed by atoms with Crippen molar-refractivity contribution >= 4 is 17.2 Å². The molecule has 0 atom stereocenters. The number of nitriles is 1. The van der Waals surface area contributed by atoms with Crippen molar-refractivity contribution in [2.45, 2.75) is 104 Å². The Bertz CT molecular complexity index is 907. The van der Waals surface area contributed by atoms with Crippen LogP contribution in [-0.2, 0) is 9.53 Å². The van der Waals surface area contributed by atoms with Crippen LogP contribution in [0.2, 0.25) is 0 Å². The van der Waals surface area contributed by atoms with E-state index in [1.165, 1.54) is 95.6 Å². The number of hydrogen-bond donors (Lipinski definition) is 0. The monoisotopic (exact) mass is 490 g/mol. The Morgan fingerprint density at radius 2 is 1.47 bits per heavy atom. The fraction of sp³-hybridized carbons (Fsp3) is 0.562. The first-order valence-electron chi connectivity index (χ1n) is 14.2. The van der Waals surface area contributed by atoms with E-state index in [0.717, 1.165) is 17.7 Å². The van der Waals surface area contributed by atoms with Crippen molar-refractivity contribution in [2.24, 2.45) is 0 Å². The molecule has 0 radical (unpaired) electrons. The number of anilines is 1. The lowest BCUT2D eigenvalue weighted by Gasteiger charge is -2.27. The largest absolute Gasteiger partial charge is 0.462 e. The van der Waals surface area contributed by atoms with Gasteiger partial charge in [-0.2, -0.15) is 5.26 Å². The zero-order valence-electron chi connectivity index (χ0n) is 22.6. The van der Waals surface area contributed by atoms with Gasteiger partial charge in [0.05, 0.1) is 6.61 Å². The molecule has 4 heteroatoms. The summed E-state index contributed by atoms with van der Waals surface area (Å²) in [6.07, 6.45) is 26.7. The third-order valence-corrected chi connectivity index (χ3v) is 6.76. The number of hydrogen-bond acceptors (Lipinski definition) is 4. The molecule has 0 amide bonds. The molecule has 196 valence electrons. The van der Waals surface area contributed by atoms with Gasteiger partial charge in [-0.25, -0.2) is 4.79 Å². The minimum Gasteiger partial charge on any atom is -0.462 e. The van der Waals surface area contributed by atoms with Crippen LogP contribution in [0.4, 0.5) is 5.69 Å². The molecule has 1 aromatic carbocycles. The lowest BCUT2D eigenvalue weighted by molar-refractivity contribution is -0.138. The fourth-order valence-electron chi connectivity index (χ4n) is 4.66. The van der Waals surface area contributed by atoms with Crippen LogP contribution in [-0.4, -0.2) is 19.1 Å². The predicted molar refractivity (Wildman–Crippen MR) is 152 cm³/mol. The second-order valence-corrected chi connectivity index (χ2v) is 9.66. The summed E-state index contributed by atoms with van der Waals surface area (Å²) in [5, 5.41) is 9.27. The van der Waals surface area contributed by atoms with E-state index in [1.807, 2.05) is 18.2 Å². The maximum absolute atomic E-state index is 11.9. The number of esters is 1. The molecule has 0 bridgehead atoms. The minimum atomic E-state index is -0.579. The predicted octanol–water partition coefficient (Wildman–Crippen LogP) is 8.90. The molecule has 0 saturated carbocycles. The number of carbonyl (C=O) groups excluding carboxylic acids is 1. The summed E-state index contributed by atoms with van der Waals surface area (Å²) in [4.78, 5) is 14.2. The van der Waals surface area contributed by atoms with Crippen LogP contribution in [0.25, 0.3) is 5.57 Å². The van der Waals surface area contributed by atoms with Gasteiger partial charge in [-0.05, 0) is 37.1 Å². The number of ether oxygens (including phenoxy) is 1. The molecule has 0 spiro atoms. The summed E-state index contributed by atoms with van der Waals surface area (Å²) in [6.45, 7) is 5.27. The molecule has 0 N–H and O–H groups in total. The van der Waals surface area contributed by atoms with Gasteiger partial charge in [-0.3, -0.25) is 0 Å². The first kappa shape index (κ1) is 29.4. The molecular formula is C32H46N2O2. The molecule has 1 aliphatic rings. The summed E-state index contributed by atoms with van der Waals surface area (Å²) in [5.41, 5.74) is 3.28. The Hall–Kier alpha value is -2.80. The average Bonchev–Trinajstić information content (AvgIpc) is 2.90. The highest BCUT2D eigenvalue weighted by Gasteiger charge is 2.15. The quantitative estimate of drug-likeness (QED) is 0.0892. The molecule has 1 aromatic rings. The number of nitrogens with zero attached hydrogens (tertiary/aromatic N) is 2. The lowest BCUT2D eigenvalue weighted by Crippen LogP contribution is -2.21. The van der Waals surface area contributed by atoms with Crippen molar-refractivity contribution in [2.75, 3.05) is 18.1 Å². The van der Waals surface area contributed by atoms with Gasteiger partial charge in [0, 0.05) is 24.0 Å². The molecule has 1 heterocycles. The van der Waals surface area contributed by atoms with Gasteiger partial charge >= 0.3 is 5.97 Å².